The van der Waals surface area contributed by atoms with Gasteiger partial charge in [0.05, 0.1) is 25.2 Å². The highest BCUT2D eigenvalue weighted by Gasteiger charge is 2.24. The lowest BCUT2D eigenvalue weighted by molar-refractivity contribution is -0.151. The summed E-state index contributed by atoms with van der Waals surface area (Å²) in [5.41, 5.74) is 0. The minimum Gasteiger partial charge on any atom is -0.462 e. The first-order valence-electron chi connectivity index (χ1n) is 27.6. The van der Waals surface area contributed by atoms with Crippen molar-refractivity contribution in [2.75, 3.05) is 6.61 Å². The highest BCUT2D eigenvalue weighted by Crippen LogP contribution is 2.17. The normalized spacial score (nSPS) is 13.6. The van der Waals surface area contributed by atoms with Gasteiger partial charge in [0, 0.05) is 6.42 Å². The van der Waals surface area contributed by atoms with Crippen LogP contribution >= 0.6 is 0 Å². The third-order valence-electron chi connectivity index (χ3n) is 12.4. The van der Waals surface area contributed by atoms with Crippen molar-refractivity contribution in [2.45, 2.75) is 289 Å². The number of hydrogen-bond donors (Lipinski definition) is 3. The second-order valence-electron chi connectivity index (χ2n) is 18.7. The van der Waals surface area contributed by atoms with E-state index in [1.54, 1.807) is 0 Å². The Bertz CT molecular complexity index is 1140. The van der Waals surface area contributed by atoms with E-state index < -0.39 is 18.2 Å². The molecule has 6 nitrogen and oxygen atoms in total. The third-order valence-corrected chi connectivity index (χ3v) is 12.4. The van der Waals surface area contributed by atoms with E-state index >= 15 is 0 Å². The molecule has 0 saturated carbocycles. The number of unbranched alkanes of at least 4 members (excludes halogenated alkanes) is 30. The summed E-state index contributed by atoms with van der Waals surface area (Å²) in [4.78, 5) is 26.2. The fraction of sp³-hybridized carbons (Fsp3) is 0.793. The number of amides is 1. The summed E-state index contributed by atoms with van der Waals surface area (Å²) in [5.74, 6) is -0.526. The fourth-order valence-corrected chi connectivity index (χ4v) is 8.21. The molecule has 0 aromatic heterocycles. The van der Waals surface area contributed by atoms with Crippen molar-refractivity contribution in [3.05, 3.63) is 60.8 Å². The predicted octanol–water partition coefficient (Wildman–Crippen LogP) is 16.8. The first-order chi connectivity index (χ1) is 31.5. The van der Waals surface area contributed by atoms with Crippen LogP contribution in [0.4, 0.5) is 0 Å². The van der Waals surface area contributed by atoms with Gasteiger partial charge in [-0.2, -0.15) is 0 Å². The summed E-state index contributed by atoms with van der Waals surface area (Å²) < 4.78 is 5.91. The van der Waals surface area contributed by atoms with Crippen molar-refractivity contribution in [1.29, 1.82) is 0 Å². The van der Waals surface area contributed by atoms with Crippen molar-refractivity contribution in [2.24, 2.45) is 0 Å². The molecule has 0 aliphatic rings. The maximum absolute atomic E-state index is 13.2. The number of carbonyl (C=O) groups is 2. The first kappa shape index (κ1) is 61.6. The van der Waals surface area contributed by atoms with Crippen LogP contribution < -0.4 is 5.32 Å². The summed E-state index contributed by atoms with van der Waals surface area (Å²) in [5, 5.41) is 23.8. The number of rotatable bonds is 49. The number of ether oxygens (including phenoxy) is 1. The zero-order valence-corrected chi connectivity index (χ0v) is 42.4. The van der Waals surface area contributed by atoms with Crippen LogP contribution in [0.5, 0.6) is 0 Å². The van der Waals surface area contributed by atoms with E-state index in [4.69, 9.17) is 4.74 Å². The van der Waals surface area contributed by atoms with E-state index in [0.717, 1.165) is 83.5 Å². The summed E-state index contributed by atoms with van der Waals surface area (Å²) in [6.07, 6.45) is 64.2. The van der Waals surface area contributed by atoms with E-state index in [1.165, 1.54) is 141 Å². The van der Waals surface area contributed by atoms with Crippen LogP contribution in [-0.2, 0) is 14.3 Å². The van der Waals surface area contributed by atoms with Gasteiger partial charge in [0.2, 0.25) is 5.91 Å². The molecule has 6 heteroatoms. The van der Waals surface area contributed by atoms with E-state index in [9.17, 15) is 19.8 Å². The van der Waals surface area contributed by atoms with Gasteiger partial charge < -0.3 is 20.3 Å². The van der Waals surface area contributed by atoms with Crippen LogP contribution in [0.1, 0.15) is 271 Å². The number of esters is 1. The highest BCUT2D eigenvalue weighted by atomic mass is 16.5. The van der Waals surface area contributed by atoms with Crippen molar-refractivity contribution in [3.8, 4) is 0 Å². The van der Waals surface area contributed by atoms with E-state index in [-0.39, 0.29) is 24.9 Å². The fourth-order valence-electron chi connectivity index (χ4n) is 8.21. The molecule has 0 fully saturated rings. The summed E-state index contributed by atoms with van der Waals surface area (Å²) >= 11 is 0. The van der Waals surface area contributed by atoms with Crippen molar-refractivity contribution in [3.63, 3.8) is 0 Å². The number of nitrogens with one attached hydrogen (secondary N) is 1. The number of aliphatic hydroxyl groups is 2. The van der Waals surface area contributed by atoms with Crippen LogP contribution in [0.2, 0.25) is 0 Å². The van der Waals surface area contributed by atoms with E-state index in [0.29, 0.717) is 19.3 Å². The summed E-state index contributed by atoms with van der Waals surface area (Å²) in [7, 11) is 0. The Kier molecular flexibility index (Phi) is 49.6. The second-order valence-corrected chi connectivity index (χ2v) is 18.7. The standard InChI is InChI=1S/C58H105NO5/c1-4-7-10-13-16-19-22-24-26-28-29-31-33-36-39-42-45-48-51-58(63)64-54(49-46-43-40-37-34-21-18-15-12-9-6-3)52-57(62)59-55(53-60)56(61)50-47-44-41-38-35-32-30-27-25-23-20-17-14-11-8-5-2/h16,19,22,24,26,28-29,31,37,40,54-56,60-61H,4-15,17-18,20-21,23,25,27,30,32-36,38-39,41-53H2,1-3H3,(H,59,62)/b19-16+,24-22+,28-26+,31-29+,40-37-. The maximum atomic E-state index is 13.2. The van der Waals surface area contributed by atoms with Gasteiger partial charge in [-0.3, -0.25) is 9.59 Å². The predicted molar refractivity (Wildman–Crippen MR) is 278 cm³/mol. The zero-order chi connectivity index (χ0) is 46.7. The Balaban J connectivity index is 4.55. The SMILES string of the molecule is CCCCC/C=C/C=C/C=C/C=C/CCCCCCCC(=O)OC(CCC/C=C\CCCCCCCC)CC(=O)NC(CO)C(O)CCCCCCCCCCCCCCCCCC. The van der Waals surface area contributed by atoms with Gasteiger partial charge in [0.15, 0.2) is 0 Å². The van der Waals surface area contributed by atoms with E-state index in [2.05, 4.69) is 86.8 Å². The maximum Gasteiger partial charge on any atom is 0.306 e. The van der Waals surface area contributed by atoms with Crippen LogP contribution in [0.15, 0.2) is 60.8 Å². The second kappa shape index (κ2) is 51.5. The molecule has 0 aliphatic heterocycles. The van der Waals surface area contributed by atoms with Crippen LogP contribution in [0.3, 0.4) is 0 Å². The van der Waals surface area contributed by atoms with Crippen LogP contribution in [0.25, 0.3) is 0 Å². The van der Waals surface area contributed by atoms with Crippen LogP contribution in [-0.4, -0.2) is 46.9 Å². The molecule has 0 rings (SSSR count). The van der Waals surface area contributed by atoms with Crippen molar-refractivity contribution in [1.82, 2.24) is 5.32 Å². The Morgan fingerprint density at radius 2 is 0.828 bits per heavy atom. The first-order valence-corrected chi connectivity index (χ1v) is 27.6. The number of carbonyl (C=O) groups excluding carboxylic acids is 2. The monoisotopic (exact) mass is 896 g/mol. The molecule has 0 radical (unpaired) electrons. The molecule has 0 saturated heterocycles. The molecule has 3 atom stereocenters. The van der Waals surface area contributed by atoms with Gasteiger partial charge in [-0.25, -0.2) is 0 Å². The molecular formula is C58H105NO5. The topological polar surface area (TPSA) is 95.9 Å². The molecule has 0 heterocycles. The highest BCUT2D eigenvalue weighted by molar-refractivity contribution is 5.77. The van der Waals surface area contributed by atoms with E-state index in [1.807, 2.05) is 0 Å². The zero-order valence-electron chi connectivity index (χ0n) is 42.4. The molecule has 3 unspecified atom stereocenters. The molecule has 3 N–H and O–H groups in total. The van der Waals surface area contributed by atoms with Gasteiger partial charge in [-0.15, -0.1) is 0 Å². The Morgan fingerprint density at radius 1 is 0.453 bits per heavy atom. The number of hydrogen-bond acceptors (Lipinski definition) is 5. The van der Waals surface area contributed by atoms with Crippen molar-refractivity contribution >= 4 is 11.9 Å². The molecule has 372 valence electrons. The van der Waals surface area contributed by atoms with Gasteiger partial charge in [-0.1, -0.05) is 248 Å². The average Bonchev–Trinajstić information content (AvgIpc) is 3.29. The molecule has 0 spiro atoms. The molecule has 1 amide bonds. The molecular weight excluding hydrogens is 791 g/mol. The van der Waals surface area contributed by atoms with Crippen molar-refractivity contribution < 1.29 is 24.5 Å². The quantitative estimate of drug-likeness (QED) is 0.0245. The van der Waals surface area contributed by atoms with Gasteiger partial charge in [0.25, 0.3) is 0 Å². The Labute approximate surface area is 397 Å². The Morgan fingerprint density at radius 3 is 1.31 bits per heavy atom. The lowest BCUT2D eigenvalue weighted by Gasteiger charge is -2.24. The minimum absolute atomic E-state index is 0.0463. The molecule has 0 aromatic carbocycles. The lowest BCUT2D eigenvalue weighted by Crippen LogP contribution is -2.46. The lowest BCUT2D eigenvalue weighted by atomic mass is 10.0. The summed E-state index contributed by atoms with van der Waals surface area (Å²) in [6, 6.07) is -0.716. The largest absolute Gasteiger partial charge is 0.462 e. The Hall–Kier alpha value is -2.44. The molecule has 64 heavy (non-hydrogen) atoms. The molecule has 0 bridgehead atoms. The molecule has 0 aromatic rings. The smallest absolute Gasteiger partial charge is 0.306 e. The average molecular weight is 896 g/mol. The molecule has 0 aliphatic carbocycles. The van der Waals surface area contributed by atoms with Gasteiger partial charge in [-0.05, 0) is 70.6 Å². The number of allylic oxidation sites excluding steroid dienone is 10. The minimum atomic E-state index is -0.800. The summed E-state index contributed by atoms with van der Waals surface area (Å²) in [6.45, 7) is 6.44. The van der Waals surface area contributed by atoms with Crippen LogP contribution in [0, 0.1) is 0 Å². The van der Waals surface area contributed by atoms with Gasteiger partial charge in [0.1, 0.15) is 6.10 Å². The third kappa shape index (κ3) is 46.1. The van der Waals surface area contributed by atoms with Gasteiger partial charge >= 0.3 is 5.97 Å². The number of aliphatic hydroxyl groups excluding tert-OH is 2.